The molecule has 1 heterocycles. The quantitative estimate of drug-likeness (QED) is 0.623. The molecule has 0 aliphatic heterocycles. The lowest BCUT2D eigenvalue weighted by atomic mass is 9.87. The molecule has 0 amide bonds. The summed E-state index contributed by atoms with van der Waals surface area (Å²) in [6, 6.07) is 5.99. The summed E-state index contributed by atoms with van der Waals surface area (Å²) in [5, 5.41) is 0. The Hall–Kier alpha value is -0.193. The smallest absolute Gasteiger partial charge is 0.171 e. The highest BCUT2D eigenvalue weighted by molar-refractivity contribution is 9.10. The molecule has 0 fully saturated rings. The molecular weight excluding hydrogens is 282 g/mol. The van der Waals surface area contributed by atoms with Gasteiger partial charge in [0.25, 0.3) is 0 Å². The summed E-state index contributed by atoms with van der Waals surface area (Å²) < 4.78 is 6.98. The zero-order chi connectivity index (χ0) is 12.3. The number of hydrogen-bond donors (Lipinski definition) is 0. The van der Waals surface area contributed by atoms with Crippen LogP contribution in [0.4, 0.5) is 0 Å². The third kappa shape index (κ3) is 4.00. The van der Waals surface area contributed by atoms with Gasteiger partial charge in [0.05, 0.1) is 11.8 Å². The molecule has 1 aromatic rings. The van der Waals surface area contributed by atoms with Gasteiger partial charge in [0.2, 0.25) is 0 Å². The van der Waals surface area contributed by atoms with Crippen LogP contribution in [0, 0.1) is 5.41 Å². The second kappa shape index (κ2) is 5.43. The fourth-order valence-corrected chi connectivity index (χ4v) is 3.01. The normalized spacial score (nSPS) is 14.2. The summed E-state index contributed by atoms with van der Waals surface area (Å²) in [6.45, 7) is 11.0. The molecule has 1 atom stereocenters. The Morgan fingerprint density at radius 2 is 1.94 bits per heavy atom. The van der Waals surface area contributed by atoms with E-state index in [1.165, 1.54) is 0 Å². The Morgan fingerprint density at radius 3 is 2.38 bits per heavy atom. The zero-order valence-corrected chi connectivity index (χ0v) is 13.4. The highest BCUT2D eigenvalue weighted by Crippen LogP contribution is 2.35. The van der Waals surface area contributed by atoms with E-state index in [2.05, 4.69) is 54.8 Å². The summed E-state index contributed by atoms with van der Waals surface area (Å²) in [5.41, 5.74) is 1.09. The maximum absolute atomic E-state index is 6.11. The predicted molar refractivity (Wildman–Crippen MR) is 74.1 cm³/mol. The van der Waals surface area contributed by atoms with Crippen LogP contribution in [0.2, 0.25) is 13.1 Å². The highest BCUT2D eigenvalue weighted by Gasteiger charge is 2.29. The molecule has 1 aromatic heterocycles. The Labute approximate surface area is 108 Å². The molecule has 0 aromatic carbocycles. The molecule has 0 aliphatic rings. The highest BCUT2D eigenvalue weighted by atomic mass is 79.9. The van der Waals surface area contributed by atoms with Gasteiger partial charge in [-0.05, 0) is 46.6 Å². The van der Waals surface area contributed by atoms with E-state index in [-0.39, 0.29) is 11.5 Å². The van der Waals surface area contributed by atoms with E-state index < -0.39 is 9.04 Å². The van der Waals surface area contributed by atoms with Crippen LogP contribution in [0.1, 0.15) is 32.6 Å². The minimum Gasteiger partial charge on any atom is -0.412 e. The average Bonchev–Trinajstić information content (AvgIpc) is 2.12. The minimum atomic E-state index is -1.07. The Bertz CT molecular complexity index is 349. The maximum atomic E-state index is 6.11. The molecule has 0 radical (unpaired) electrons. The van der Waals surface area contributed by atoms with Gasteiger partial charge >= 0.3 is 0 Å². The molecule has 0 saturated carbocycles. The van der Waals surface area contributed by atoms with Crippen molar-refractivity contribution in [2.75, 3.05) is 0 Å². The van der Waals surface area contributed by atoms with E-state index in [1.807, 2.05) is 18.2 Å². The first-order valence-electron chi connectivity index (χ1n) is 5.58. The molecule has 1 unspecified atom stereocenters. The largest absolute Gasteiger partial charge is 0.412 e. The number of halogens is 1. The van der Waals surface area contributed by atoms with Crippen LogP contribution in [0.15, 0.2) is 22.8 Å². The second-order valence-electron chi connectivity index (χ2n) is 5.32. The van der Waals surface area contributed by atoms with Gasteiger partial charge in [-0.25, -0.2) is 4.98 Å². The molecule has 0 spiro atoms. The lowest BCUT2D eigenvalue weighted by molar-refractivity contribution is 0.0826. The summed E-state index contributed by atoms with van der Waals surface area (Å²) >= 11 is 3.41. The van der Waals surface area contributed by atoms with Crippen molar-refractivity contribution in [1.29, 1.82) is 0 Å². The van der Waals surface area contributed by atoms with Crippen molar-refractivity contribution in [2.45, 2.75) is 40.0 Å². The predicted octanol–water partition coefficient (Wildman–Crippen LogP) is 3.93. The van der Waals surface area contributed by atoms with Crippen molar-refractivity contribution in [3.05, 3.63) is 28.5 Å². The summed E-state index contributed by atoms with van der Waals surface area (Å²) in [5.74, 6) is 0. The van der Waals surface area contributed by atoms with Gasteiger partial charge < -0.3 is 4.43 Å². The first-order chi connectivity index (χ1) is 7.30. The Morgan fingerprint density at radius 1 is 1.31 bits per heavy atom. The van der Waals surface area contributed by atoms with Crippen molar-refractivity contribution in [1.82, 2.24) is 4.98 Å². The molecule has 1 rings (SSSR count). The maximum Gasteiger partial charge on any atom is 0.171 e. The molecule has 0 aliphatic carbocycles. The molecular formula is C12H20BrNOSi. The van der Waals surface area contributed by atoms with Gasteiger partial charge in [-0.15, -0.1) is 0 Å². The zero-order valence-electron chi connectivity index (χ0n) is 10.6. The third-order valence-corrected chi connectivity index (χ3v) is 3.46. The fraction of sp³-hybridized carbons (Fsp3) is 0.583. The molecule has 90 valence electrons. The SMILES string of the molecule is C[SiH](C)OC(c1cccc(Br)n1)C(C)(C)C. The van der Waals surface area contributed by atoms with E-state index in [9.17, 15) is 0 Å². The first kappa shape index (κ1) is 13.9. The third-order valence-electron chi connectivity index (χ3n) is 2.20. The molecule has 0 N–H and O–H groups in total. The van der Waals surface area contributed by atoms with Crippen LogP contribution < -0.4 is 0 Å². The second-order valence-corrected chi connectivity index (χ2v) is 8.50. The van der Waals surface area contributed by atoms with Crippen molar-refractivity contribution < 1.29 is 4.43 Å². The summed E-state index contributed by atoms with van der Waals surface area (Å²) in [7, 11) is -1.07. The topological polar surface area (TPSA) is 22.1 Å². The standard InChI is InChI=1S/C12H20BrNOSi/c1-12(2,3)11(15-16(4)5)9-7-6-8-10(13)14-9/h6-8,11,16H,1-5H3. The van der Waals surface area contributed by atoms with Crippen molar-refractivity contribution in [3.8, 4) is 0 Å². The number of nitrogens with zero attached hydrogens (tertiary/aromatic N) is 1. The lowest BCUT2D eigenvalue weighted by Gasteiger charge is -2.32. The number of aromatic nitrogens is 1. The molecule has 2 nitrogen and oxygen atoms in total. The summed E-state index contributed by atoms with van der Waals surface area (Å²) in [6.07, 6.45) is 0.0802. The average molecular weight is 302 g/mol. The van der Waals surface area contributed by atoms with Crippen LogP contribution >= 0.6 is 15.9 Å². The number of pyridine rings is 1. The molecule has 0 bridgehead atoms. The Balaban J connectivity index is 3.01. The van der Waals surface area contributed by atoms with E-state index in [0.29, 0.717) is 0 Å². The first-order valence-corrected chi connectivity index (χ1v) is 9.16. The van der Waals surface area contributed by atoms with Crippen LogP contribution in [0.5, 0.6) is 0 Å². The van der Waals surface area contributed by atoms with E-state index in [4.69, 9.17) is 4.43 Å². The van der Waals surface area contributed by atoms with Crippen molar-refractivity contribution in [2.24, 2.45) is 5.41 Å². The van der Waals surface area contributed by atoms with Gasteiger partial charge in [-0.2, -0.15) is 0 Å². The van der Waals surface area contributed by atoms with Gasteiger partial charge in [0.15, 0.2) is 9.04 Å². The number of hydrogen-bond acceptors (Lipinski definition) is 2. The summed E-state index contributed by atoms with van der Waals surface area (Å²) in [4.78, 5) is 4.51. The number of rotatable bonds is 3. The van der Waals surface area contributed by atoms with Crippen LogP contribution in [0.25, 0.3) is 0 Å². The van der Waals surface area contributed by atoms with E-state index >= 15 is 0 Å². The minimum absolute atomic E-state index is 0.0745. The van der Waals surface area contributed by atoms with Crippen LogP contribution in [-0.2, 0) is 4.43 Å². The van der Waals surface area contributed by atoms with Gasteiger partial charge in [-0.1, -0.05) is 26.8 Å². The van der Waals surface area contributed by atoms with Crippen LogP contribution in [-0.4, -0.2) is 14.0 Å². The van der Waals surface area contributed by atoms with Crippen molar-refractivity contribution in [3.63, 3.8) is 0 Å². The fourth-order valence-electron chi connectivity index (χ4n) is 1.56. The van der Waals surface area contributed by atoms with Gasteiger partial charge in [0, 0.05) is 0 Å². The Kier molecular flexibility index (Phi) is 4.70. The van der Waals surface area contributed by atoms with E-state index in [0.717, 1.165) is 10.3 Å². The monoisotopic (exact) mass is 301 g/mol. The van der Waals surface area contributed by atoms with Gasteiger partial charge in [-0.3, -0.25) is 0 Å². The molecule has 16 heavy (non-hydrogen) atoms. The van der Waals surface area contributed by atoms with E-state index in [1.54, 1.807) is 0 Å². The van der Waals surface area contributed by atoms with Crippen LogP contribution in [0.3, 0.4) is 0 Å². The lowest BCUT2D eigenvalue weighted by Crippen LogP contribution is -2.26. The molecule has 4 heteroatoms. The van der Waals surface area contributed by atoms with Gasteiger partial charge in [0.1, 0.15) is 4.60 Å². The van der Waals surface area contributed by atoms with Crippen molar-refractivity contribution >= 4 is 25.0 Å². The molecule has 0 saturated heterocycles.